The van der Waals surface area contributed by atoms with Crippen molar-refractivity contribution in [2.75, 3.05) is 40.4 Å². The summed E-state index contributed by atoms with van der Waals surface area (Å²) in [7, 11) is -5.45. The number of rotatable bonds is 6. The van der Waals surface area contributed by atoms with Gasteiger partial charge in [0.15, 0.2) is 0 Å². The average molecular weight is 473 g/mol. The van der Waals surface area contributed by atoms with Crippen LogP contribution in [-0.4, -0.2) is 71.8 Å². The zero-order valence-corrected chi connectivity index (χ0v) is 19.2. The molecule has 1 fully saturated rings. The maximum Gasteiger partial charge on any atom is 0.342 e. The quantitative estimate of drug-likeness (QED) is 0.578. The van der Waals surface area contributed by atoms with E-state index in [-0.39, 0.29) is 58.8 Å². The van der Waals surface area contributed by atoms with Crippen molar-refractivity contribution in [3.8, 4) is 5.75 Å². The Labute approximate surface area is 181 Å². The van der Waals surface area contributed by atoms with Crippen molar-refractivity contribution in [1.29, 1.82) is 0 Å². The van der Waals surface area contributed by atoms with Gasteiger partial charge in [0.25, 0.3) is 0 Å². The molecule has 0 bridgehead atoms. The number of hydrogen-bond acceptors (Lipinski definition) is 8. The maximum atomic E-state index is 13.3. The van der Waals surface area contributed by atoms with Crippen LogP contribution in [0.1, 0.15) is 21.9 Å². The zero-order valence-electron chi connectivity index (χ0n) is 17.6. The zero-order chi connectivity index (χ0) is 23.0. The van der Waals surface area contributed by atoms with Gasteiger partial charge in [0.1, 0.15) is 32.6 Å². The number of hydrogen-bond donors (Lipinski definition) is 0. The lowest BCUT2D eigenvalue weighted by Gasteiger charge is -2.33. The van der Waals surface area contributed by atoms with Crippen LogP contribution in [0.3, 0.4) is 0 Å². The van der Waals surface area contributed by atoms with Crippen molar-refractivity contribution in [1.82, 2.24) is 8.61 Å². The topological polar surface area (TPSA) is 123 Å². The second kappa shape index (κ2) is 8.61. The highest BCUT2D eigenvalue weighted by molar-refractivity contribution is 7.89. The molecule has 0 N–H and O–H groups in total. The Morgan fingerprint density at radius 3 is 2.00 bits per heavy atom. The van der Waals surface area contributed by atoms with Gasteiger partial charge in [-0.3, -0.25) is 0 Å². The first kappa shape index (κ1) is 23.3. The first-order chi connectivity index (χ1) is 14.6. The number of aryl methyl sites for hydroxylation is 2. The maximum absolute atomic E-state index is 13.3. The summed E-state index contributed by atoms with van der Waals surface area (Å²) in [5, 5.41) is 0. The minimum Gasteiger partial charge on any atom is -0.495 e. The van der Waals surface area contributed by atoms with Crippen molar-refractivity contribution >= 4 is 26.0 Å². The summed E-state index contributed by atoms with van der Waals surface area (Å²) >= 11 is 0. The van der Waals surface area contributed by atoms with Crippen molar-refractivity contribution in [2.24, 2.45) is 0 Å². The van der Waals surface area contributed by atoms with E-state index in [1.807, 2.05) is 0 Å². The Morgan fingerprint density at radius 1 is 0.903 bits per heavy atom. The molecule has 0 atom stereocenters. The molecule has 1 aliphatic heterocycles. The summed E-state index contributed by atoms with van der Waals surface area (Å²) in [5.41, 5.74) is -0.149. The van der Waals surface area contributed by atoms with Crippen LogP contribution in [0, 0.1) is 13.8 Å². The fourth-order valence-electron chi connectivity index (χ4n) is 3.56. The molecular weight excluding hydrogens is 448 g/mol. The monoisotopic (exact) mass is 472 g/mol. The summed E-state index contributed by atoms with van der Waals surface area (Å²) in [5.74, 6) is -0.391. The SMILES string of the molecule is COC(=O)c1c(C)oc(C)c1S(=O)(=O)N1CCN(S(=O)(=O)c2ccccc2OC)CC1. The van der Waals surface area contributed by atoms with Crippen LogP contribution in [0.5, 0.6) is 5.75 Å². The minimum atomic E-state index is -4.11. The number of methoxy groups -OCH3 is 2. The largest absolute Gasteiger partial charge is 0.495 e. The van der Waals surface area contributed by atoms with Crippen LogP contribution in [0.4, 0.5) is 0 Å². The molecule has 12 heteroatoms. The van der Waals surface area contributed by atoms with E-state index in [4.69, 9.17) is 13.9 Å². The molecular formula is C19H24N2O8S2. The van der Waals surface area contributed by atoms with Gasteiger partial charge in [-0.05, 0) is 26.0 Å². The number of nitrogens with zero attached hydrogens (tertiary/aromatic N) is 2. The highest BCUT2D eigenvalue weighted by Crippen LogP contribution is 2.32. The van der Waals surface area contributed by atoms with Gasteiger partial charge in [0.2, 0.25) is 20.0 Å². The lowest BCUT2D eigenvalue weighted by molar-refractivity contribution is 0.0594. The molecule has 10 nitrogen and oxygen atoms in total. The Hall–Kier alpha value is -2.41. The molecule has 1 aromatic heterocycles. The normalized spacial score (nSPS) is 16.3. The number of furan rings is 1. The fourth-order valence-corrected chi connectivity index (χ4v) is 6.93. The predicted octanol–water partition coefficient (Wildman–Crippen LogP) is 1.39. The summed E-state index contributed by atoms with van der Waals surface area (Å²) in [6.07, 6.45) is 0. The second-order valence-electron chi connectivity index (χ2n) is 6.87. The van der Waals surface area contributed by atoms with E-state index in [1.54, 1.807) is 18.2 Å². The van der Waals surface area contributed by atoms with Crippen LogP contribution in [-0.2, 0) is 24.8 Å². The standard InChI is InChI=1S/C19H24N2O8S2/c1-13-17(19(22)28-4)18(14(2)29-13)31(25,26)21-11-9-20(10-12-21)30(23,24)16-8-6-5-7-15(16)27-3/h5-8H,9-12H2,1-4H3. The number of para-hydroxylation sites is 1. The smallest absolute Gasteiger partial charge is 0.342 e. The molecule has 0 radical (unpaired) electrons. The van der Waals surface area contributed by atoms with Gasteiger partial charge in [0, 0.05) is 26.2 Å². The molecule has 0 unspecified atom stereocenters. The third-order valence-electron chi connectivity index (χ3n) is 5.08. The summed E-state index contributed by atoms with van der Waals surface area (Å²) in [6, 6.07) is 6.24. The summed E-state index contributed by atoms with van der Waals surface area (Å²) in [6.45, 7) is 2.67. The van der Waals surface area contributed by atoms with Crippen molar-refractivity contribution in [2.45, 2.75) is 23.6 Å². The van der Waals surface area contributed by atoms with Gasteiger partial charge < -0.3 is 13.9 Å². The molecule has 1 aliphatic rings. The second-order valence-corrected chi connectivity index (χ2v) is 10.7. The van der Waals surface area contributed by atoms with Crippen molar-refractivity contribution in [3.05, 3.63) is 41.3 Å². The molecule has 2 aromatic rings. The van der Waals surface area contributed by atoms with Gasteiger partial charge in [-0.15, -0.1) is 0 Å². The van der Waals surface area contributed by atoms with Gasteiger partial charge >= 0.3 is 5.97 Å². The fraction of sp³-hybridized carbons (Fsp3) is 0.421. The Kier molecular flexibility index (Phi) is 6.46. The van der Waals surface area contributed by atoms with Gasteiger partial charge in [-0.2, -0.15) is 8.61 Å². The Morgan fingerprint density at radius 2 is 1.45 bits per heavy atom. The van der Waals surface area contributed by atoms with Gasteiger partial charge in [-0.25, -0.2) is 21.6 Å². The molecule has 0 spiro atoms. The van der Waals surface area contributed by atoms with Crippen LogP contribution in [0.15, 0.2) is 38.5 Å². The molecule has 0 amide bonds. The van der Waals surface area contributed by atoms with Crippen LogP contribution >= 0.6 is 0 Å². The number of ether oxygens (including phenoxy) is 2. The highest BCUT2D eigenvalue weighted by Gasteiger charge is 2.39. The first-order valence-electron chi connectivity index (χ1n) is 9.37. The number of esters is 1. The highest BCUT2D eigenvalue weighted by atomic mass is 32.2. The third kappa shape index (κ3) is 4.07. The predicted molar refractivity (Wildman–Crippen MR) is 110 cm³/mol. The summed E-state index contributed by atoms with van der Waals surface area (Å²) in [4.78, 5) is 11.9. The number of benzene rings is 1. The van der Waals surface area contributed by atoms with Crippen LogP contribution in [0.2, 0.25) is 0 Å². The molecule has 170 valence electrons. The molecule has 0 aliphatic carbocycles. The van der Waals surface area contributed by atoms with E-state index in [2.05, 4.69) is 0 Å². The number of sulfonamides is 2. The van der Waals surface area contributed by atoms with E-state index in [0.29, 0.717) is 0 Å². The minimum absolute atomic E-state index is 0.0167. The molecule has 2 heterocycles. The van der Waals surface area contributed by atoms with Crippen LogP contribution in [0.25, 0.3) is 0 Å². The van der Waals surface area contributed by atoms with E-state index < -0.39 is 26.0 Å². The van der Waals surface area contributed by atoms with E-state index in [9.17, 15) is 21.6 Å². The lowest BCUT2D eigenvalue weighted by atomic mass is 10.2. The van der Waals surface area contributed by atoms with Crippen molar-refractivity contribution in [3.63, 3.8) is 0 Å². The van der Waals surface area contributed by atoms with Crippen molar-refractivity contribution < 1.29 is 35.5 Å². The molecule has 3 rings (SSSR count). The van der Waals surface area contributed by atoms with Crippen LogP contribution < -0.4 is 4.74 Å². The third-order valence-corrected chi connectivity index (χ3v) is 9.07. The molecule has 1 aromatic carbocycles. The van der Waals surface area contributed by atoms with E-state index in [0.717, 1.165) is 11.4 Å². The van der Waals surface area contributed by atoms with Gasteiger partial charge in [0.05, 0.1) is 14.2 Å². The number of piperazine rings is 1. The lowest BCUT2D eigenvalue weighted by Crippen LogP contribution is -2.50. The van der Waals surface area contributed by atoms with E-state index >= 15 is 0 Å². The average Bonchev–Trinajstić information content (AvgIpc) is 3.07. The molecule has 0 saturated carbocycles. The molecule has 1 saturated heterocycles. The Bertz CT molecular complexity index is 1190. The molecule has 31 heavy (non-hydrogen) atoms. The Balaban J connectivity index is 1.87. The summed E-state index contributed by atoms with van der Waals surface area (Å²) < 4.78 is 70.2. The number of carbonyl (C=O) groups excluding carboxylic acids is 1. The number of carbonyl (C=O) groups is 1. The van der Waals surface area contributed by atoms with Gasteiger partial charge in [-0.1, -0.05) is 12.1 Å². The van der Waals surface area contributed by atoms with E-state index in [1.165, 1.54) is 31.3 Å². The first-order valence-corrected chi connectivity index (χ1v) is 12.2.